The van der Waals surface area contributed by atoms with Crippen LogP contribution in [-0.2, 0) is 14.4 Å². The second-order valence-corrected chi connectivity index (χ2v) is 5.94. The summed E-state index contributed by atoms with van der Waals surface area (Å²) in [7, 11) is 0. The van der Waals surface area contributed by atoms with Gasteiger partial charge in [-0.2, -0.15) is 0 Å². The van der Waals surface area contributed by atoms with Crippen LogP contribution in [0.4, 0.5) is 0 Å². The Morgan fingerprint density at radius 2 is 1.81 bits per heavy atom. The van der Waals surface area contributed by atoms with Gasteiger partial charge in [0.2, 0.25) is 17.7 Å². The summed E-state index contributed by atoms with van der Waals surface area (Å²) in [5.74, 6) is -0.232. The summed E-state index contributed by atoms with van der Waals surface area (Å²) in [6.45, 7) is 2.43. The number of nitrogens with one attached hydrogen (secondary N) is 2. The SMILES string of the molecule is CC(=O)NCCNC1CC(=O)N(C2CCCCCC2)C1=O. The number of imide groups is 1. The van der Waals surface area contributed by atoms with Gasteiger partial charge in [-0.3, -0.25) is 19.3 Å². The largest absolute Gasteiger partial charge is 0.355 e. The molecule has 1 saturated carbocycles. The number of likely N-dealkylation sites (tertiary alicyclic amines) is 1. The second kappa shape index (κ2) is 7.54. The first-order chi connectivity index (χ1) is 10.1. The van der Waals surface area contributed by atoms with E-state index in [0.717, 1.165) is 25.7 Å². The quantitative estimate of drug-likeness (QED) is 0.441. The topological polar surface area (TPSA) is 78.5 Å². The van der Waals surface area contributed by atoms with Crippen LogP contribution >= 0.6 is 0 Å². The highest BCUT2D eigenvalue weighted by atomic mass is 16.2. The van der Waals surface area contributed by atoms with Gasteiger partial charge in [-0.1, -0.05) is 25.7 Å². The maximum absolute atomic E-state index is 12.4. The van der Waals surface area contributed by atoms with Crippen LogP contribution in [0, 0.1) is 0 Å². The molecule has 1 heterocycles. The third-order valence-electron chi connectivity index (χ3n) is 4.26. The Morgan fingerprint density at radius 3 is 2.43 bits per heavy atom. The Balaban J connectivity index is 1.85. The number of rotatable bonds is 5. The molecular weight excluding hydrogens is 270 g/mol. The van der Waals surface area contributed by atoms with E-state index in [0.29, 0.717) is 13.1 Å². The highest BCUT2D eigenvalue weighted by molar-refractivity contribution is 6.05. The van der Waals surface area contributed by atoms with Crippen LogP contribution in [0.15, 0.2) is 0 Å². The summed E-state index contributed by atoms with van der Waals surface area (Å²) in [6, 6.07) is -0.329. The molecule has 118 valence electrons. The third kappa shape index (κ3) is 4.27. The maximum atomic E-state index is 12.4. The highest BCUT2D eigenvalue weighted by Gasteiger charge is 2.41. The van der Waals surface area contributed by atoms with Crippen molar-refractivity contribution < 1.29 is 14.4 Å². The molecule has 1 aliphatic heterocycles. The van der Waals surface area contributed by atoms with Crippen molar-refractivity contribution in [2.24, 2.45) is 0 Å². The summed E-state index contributed by atoms with van der Waals surface area (Å²) in [6.07, 6.45) is 6.72. The molecule has 3 amide bonds. The van der Waals surface area contributed by atoms with E-state index < -0.39 is 6.04 Å². The first-order valence-corrected chi connectivity index (χ1v) is 7.93. The fourth-order valence-electron chi connectivity index (χ4n) is 3.20. The van der Waals surface area contributed by atoms with E-state index in [2.05, 4.69) is 10.6 Å². The van der Waals surface area contributed by atoms with E-state index in [9.17, 15) is 14.4 Å². The molecule has 0 aromatic carbocycles. The van der Waals surface area contributed by atoms with Crippen LogP contribution in [0.3, 0.4) is 0 Å². The molecule has 0 aromatic rings. The second-order valence-electron chi connectivity index (χ2n) is 5.94. The fourth-order valence-corrected chi connectivity index (χ4v) is 3.20. The molecule has 2 N–H and O–H groups in total. The zero-order valence-corrected chi connectivity index (χ0v) is 12.7. The lowest BCUT2D eigenvalue weighted by Gasteiger charge is -2.25. The average Bonchev–Trinajstić information content (AvgIpc) is 2.63. The minimum absolute atomic E-state index is 0.0519. The summed E-state index contributed by atoms with van der Waals surface area (Å²) < 4.78 is 0. The minimum Gasteiger partial charge on any atom is -0.355 e. The standard InChI is InChI=1S/C15H25N3O3/c1-11(19)16-8-9-17-13-10-14(20)18(15(13)21)12-6-4-2-3-5-7-12/h12-13,17H,2-10H2,1H3,(H,16,19). The van der Waals surface area contributed by atoms with Gasteiger partial charge < -0.3 is 10.6 Å². The molecule has 1 unspecified atom stereocenters. The third-order valence-corrected chi connectivity index (χ3v) is 4.26. The number of hydrogen-bond donors (Lipinski definition) is 2. The molecule has 0 bridgehead atoms. The van der Waals surface area contributed by atoms with Crippen molar-refractivity contribution in [1.29, 1.82) is 0 Å². The van der Waals surface area contributed by atoms with Gasteiger partial charge in [0, 0.05) is 26.1 Å². The molecule has 2 rings (SSSR count). The van der Waals surface area contributed by atoms with Crippen LogP contribution < -0.4 is 10.6 Å². The lowest BCUT2D eigenvalue weighted by Crippen LogP contribution is -2.45. The average molecular weight is 295 g/mol. The number of hydrogen-bond acceptors (Lipinski definition) is 4. The van der Waals surface area contributed by atoms with Crippen molar-refractivity contribution >= 4 is 17.7 Å². The lowest BCUT2D eigenvalue weighted by molar-refractivity contribution is -0.141. The number of carbonyl (C=O) groups excluding carboxylic acids is 3. The van der Waals surface area contributed by atoms with Gasteiger partial charge >= 0.3 is 0 Å². The van der Waals surface area contributed by atoms with Crippen molar-refractivity contribution in [3.8, 4) is 0 Å². The molecule has 6 heteroatoms. The van der Waals surface area contributed by atoms with E-state index in [1.54, 1.807) is 0 Å². The number of amides is 3. The molecule has 21 heavy (non-hydrogen) atoms. The van der Waals surface area contributed by atoms with Gasteiger partial charge in [-0.25, -0.2) is 0 Å². The molecule has 0 radical (unpaired) electrons. The zero-order valence-electron chi connectivity index (χ0n) is 12.7. The molecule has 2 fully saturated rings. The van der Waals surface area contributed by atoms with Gasteiger partial charge in [0.1, 0.15) is 0 Å². The van der Waals surface area contributed by atoms with Crippen LogP contribution in [0.25, 0.3) is 0 Å². The highest BCUT2D eigenvalue weighted by Crippen LogP contribution is 2.26. The van der Waals surface area contributed by atoms with E-state index >= 15 is 0 Å². The predicted octanol–water partition coefficient (Wildman–Crippen LogP) is 0.562. The van der Waals surface area contributed by atoms with E-state index in [1.807, 2.05) is 0 Å². The smallest absolute Gasteiger partial charge is 0.247 e. The van der Waals surface area contributed by atoms with Crippen molar-refractivity contribution in [2.75, 3.05) is 13.1 Å². The Hall–Kier alpha value is -1.43. The van der Waals surface area contributed by atoms with Crippen molar-refractivity contribution in [2.45, 2.75) is 64.0 Å². The number of nitrogens with zero attached hydrogens (tertiary/aromatic N) is 1. The Kier molecular flexibility index (Phi) is 5.73. The van der Waals surface area contributed by atoms with Crippen LogP contribution in [0.2, 0.25) is 0 Å². The van der Waals surface area contributed by atoms with Crippen LogP contribution in [0.5, 0.6) is 0 Å². The number of carbonyl (C=O) groups is 3. The minimum atomic E-state index is -0.422. The molecule has 6 nitrogen and oxygen atoms in total. The fraction of sp³-hybridized carbons (Fsp3) is 0.800. The molecule has 0 spiro atoms. The lowest BCUT2D eigenvalue weighted by atomic mass is 10.1. The summed E-state index contributed by atoms with van der Waals surface area (Å²) in [5.41, 5.74) is 0. The van der Waals surface area contributed by atoms with Crippen molar-refractivity contribution in [3.63, 3.8) is 0 Å². The predicted molar refractivity (Wildman–Crippen MR) is 78.4 cm³/mol. The molecule has 0 aromatic heterocycles. The van der Waals surface area contributed by atoms with Gasteiger partial charge in [0.25, 0.3) is 0 Å². The normalized spacial score (nSPS) is 24.2. The zero-order chi connectivity index (χ0) is 15.2. The van der Waals surface area contributed by atoms with Crippen LogP contribution in [0.1, 0.15) is 51.9 Å². The first kappa shape index (κ1) is 15.9. The van der Waals surface area contributed by atoms with Crippen molar-refractivity contribution in [3.05, 3.63) is 0 Å². The molecule has 1 atom stereocenters. The Morgan fingerprint density at radius 1 is 1.14 bits per heavy atom. The summed E-state index contributed by atoms with van der Waals surface area (Å²) in [5, 5.41) is 5.74. The van der Waals surface area contributed by atoms with E-state index in [-0.39, 0.29) is 30.2 Å². The molecule has 2 aliphatic rings. The van der Waals surface area contributed by atoms with E-state index in [4.69, 9.17) is 0 Å². The molecule has 1 saturated heterocycles. The van der Waals surface area contributed by atoms with Gasteiger partial charge in [0.05, 0.1) is 12.5 Å². The first-order valence-electron chi connectivity index (χ1n) is 7.93. The summed E-state index contributed by atoms with van der Waals surface area (Å²) in [4.78, 5) is 36.8. The Bertz CT molecular complexity index is 403. The monoisotopic (exact) mass is 295 g/mol. The van der Waals surface area contributed by atoms with Crippen LogP contribution in [-0.4, -0.2) is 47.8 Å². The van der Waals surface area contributed by atoms with Gasteiger partial charge in [-0.05, 0) is 12.8 Å². The maximum Gasteiger partial charge on any atom is 0.247 e. The molecular formula is C15H25N3O3. The summed E-state index contributed by atoms with van der Waals surface area (Å²) >= 11 is 0. The van der Waals surface area contributed by atoms with Crippen molar-refractivity contribution in [1.82, 2.24) is 15.5 Å². The van der Waals surface area contributed by atoms with Gasteiger partial charge in [-0.15, -0.1) is 0 Å². The Labute approximate surface area is 125 Å². The molecule has 1 aliphatic carbocycles. The van der Waals surface area contributed by atoms with E-state index in [1.165, 1.54) is 24.7 Å². The van der Waals surface area contributed by atoms with Gasteiger partial charge in [0.15, 0.2) is 0 Å².